The van der Waals surface area contributed by atoms with Crippen molar-refractivity contribution in [2.45, 2.75) is 57.8 Å². The van der Waals surface area contributed by atoms with E-state index in [1.54, 1.807) is 6.20 Å². The summed E-state index contributed by atoms with van der Waals surface area (Å²) in [6, 6.07) is 20.3. The maximum absolute atomic E-state index is 13.8. The summed E-state index contributed by atoms with van der Waals surface area (Å²) in [4.78, 5) is 47.2. The Morgan fingerprint density at radius 2 is 1.58 bits per heavy atom. The number of nitrogens with zero attached hydrogens (tertiary/aromatic N) is 1. The molecule has 43 heavy (non-hydrogen) atoms. The number of amides is 3. The minimum Gasteiger partial charge on any atom is -0.445 e. The van der Waals surface area contributed by atoms with Crippen molar-refractivity contribution < 1.29 is 24.2 Å². The molecule has 0 saturated heterocycles. The molecule has 10 heteroatoms. The minimum atomic E-state index is -1.05. The van der Waals surface area contributed by atoms with E-state index in [1.807, 2.05) is 86.6 Å². The van der Waals surface area contributed by atoms with Gasteiger partial charge in [-0.2, -0.15) is 0 Å². The molecular weight excluding hydrogens is 546 g/mol. The number of aliphatic hydroxyl groups is 1. The minimum absolute atomic E-state index is 0.0256. The molecule has 226 valence electrons. The van der Waals surface area contributed by atoms with Gasteiger partial charge in [0, 0.05) is 24.7 Å². The Balaban J connectivity index is 1.56. The predicted octanol–water partition coefficient (Wildman–Crippen LogP) is 3.65. The van der Waals surface area contributed by atoms with Crippen LogP contribution in [0.4, 0.5) is 4.79 Å². The molecule has 4 aromatic rings. The van der Waals surface area contributed by atoms with Crippen molar-refractivity contribution in [2.24, 2.45) is 5.92 Å². The summed E-state index contributed by atoms with van der Waals surface area (Å²) in [5.41, 5.74) is 2.31. The molecule has 1 aromatic heterocycles. The van der Waals surface area contributed by atoms with Crippen molar-refractivity contribution in [1.82, 2.24) is 25.9 Å². The fraction of sp³-hybridized carbons (Fsp3) is 0.333. The first-order valence-corrected chi connectivity index (χ1v) is 14.5. The van der Waals surface area contributed by atoms with E-state index in [0.717, 1.165) is 28.3 Å². The number of alkyl carbamates (subject to hydrolysis) is 1. The van der Waals surface area contributed by atoms with Crippen LogP contribution in [-0.4, -0.2) is 57.7 Å². The summed E-state index contributed by atoms with van der Waals surface area (Å²) in [7, 11) is 0. The molecule has 0 fully saturated rings. The highest BCUT2D eigenvalue weighted by atomic mass is 16.5. The van der Waals surface area contributed by atoms with E-state index in [9.17, 15) is 19.5 Å². The monoisotopic (exact) mass is 585 g/mol. The van der Waals surface area contributed by atoms with E-state index in [0.29, 0.717) is 5.69 Å². The van der Waals surface area contributed by atoms with Crippen molar-refractivity contribution >= 4 is 28.7 Å². The van der Waals surface area contributed by atoms with Crippen molar-refractivity contribution in [3.05, 3.63) is 102 Å². The second-order valence-corrected chi connectivity index (χ2v) is 10.6. The second kappa shape index (κ2) is 15.5. The summed E-state index contributed by atoms with van der Waals surface area (Å²) >= 11 is 0. The summed E-state index contributed by atoms with van der Waals surface area (Å²) in [6.45, 7) is 3.72. The Bertz CT molecular complexity index is 1470. The lowest BCUT2D eigenvalue weighted by Crippen LogP contribution is -2.57. The third kappa shape index (κ3) is 8.89. The highest BCUT2D eigenvalue weighted by Gasteiger charge is 2.30. The Labute approximate surface area is 251 Å². The van der Waals surface area contributed by atoms with E-state index < -0.39 is 36.0 Å². The van der Waals surface area contributed by atoms with Crippen LogP contribution in [0.15, 0.2) is 85.3 Å². The third-order valence-electron chi connectivity index (χ3n) is 7.59. The van der Waals surface area contributed by atoms with Gasteiger partial charge in [0.2, 0.25) is 11.8 Å². The zero-order chi connectivity index (χ0) is 30.6. The number of rotatable bonds is 14. The number of imidazole rings is 1. The number of benzene rings is 3. The zero-order valence-corrected chi connectivity index (χ0v) is 24.5. The number of hydrogen-bond donors (Lipinski definition) is 5. The lowest BCUT2D eigenvalue weighted by Gasteiger charge is -2.27. The quantitative estimate of drug-likeness (QED) is 0.153. The highest BCUT2D eigenvalue weighted by molar-refractivity contribution is 5.93. The smallest absolute Gasteiger partial charge is 0.408 e. The molecule has 0 aliphatic carbocycles. The van der Waals surface area contributed by atoms with E-state index in [-0.39, 0.29) is 32.0 Å². The molecule has 0 aliphatic rings. The van der Waals surface area contributed by atoms with Gasteiger partial charge in [-0.3, -0.25) is 9.59 Å². The molecule has 3 aromatic carbocycles. The van der Waals surface area contributed by atoms with Gasteiger partial charge in [0.1, 0.15) is 18.7 Å². The molecule has 0 spiro atoms. The van der Waals surface area contributed by atoms with Crippen LogP contribution in [0.25, 0.3) is 10.8 Å². The normalized spacial score (nSPS) is 13.8. The summed E-state index contributed by atoms with van der Waals surface area (Å²) in [5.74, 6) is -0.969. The fourth-order valence-corrected chi connectivity index (χ4v) is 4.84. The number of aromatic amines is 1. The number of fused-ring (bicyclic) bond motifs is 1. The van der Waals surface area contributed by atoms with Gasteiger partial charge in [0.15, 0.2) is 0 Å². The number of carbonyl (C=O) groups excluding carboxylic acids is 3. The average Bonchev–Trinajstić information content (AvgIpc) is 3.55. The molecule has 1 heterocycles. The first-order valence-electron chi connectivity index (χ1n) is 14.5. The van der Waals surface area contributed by atoms with E-state index in [4.69, 9.17) is 4.74 Å². The van der Waals surface area contributed by atoms with Crippen LogP contribution in [-0.2, 0) is 33.8 Å². The molecule has 4 atom stereocenters. The lowest BCUT2D eigenvalue weighted by molar-refractivity contribution is -0.130. The Hall–Kier alpha value is -4.70. The molecule has 0 bridgehead atoms. The molecule has 4 rings (SSSR count). The maximum Gasteiger partial charge on any atom is 0.408 e. The van der Waals surface area contributed by atoms with E-state index >= 15 is 0 Å². The highest BCUT2D eigenvalue weighted by Crippen LogP contribution is 2.20. The van der Waals surface area contributed by atoms with Crippen molar-refractivity contribution in [1.29, 1.82) is 0 Å². The van der Waals surface area contributed by atoms with Crippen LogP contribution >= 0.6 is 0 Å². The number of carbonyl (C=O) groups is 3. The van der Waals surface area contributed by atoms with Gasteiger partial charge in [-0.05, 0) is 27.8 Å². The first-order chi connectivity index (χ1) is 20.9. The van der Waals surface area contributed by atoms with Crippen LogP contribution in [0.5, 0.6) is 0 Å². The molecule has 5 N–H and O–H groups in total. The van der Waals surface area contributed by atoms with Gasteiger partial charge in [-0.25, -0.2) is 9.78 Å². The molecular formula is C33H39N5O5. The number of hydrogen-bond acceptors (Lipinski definition) is 6. The van der Waals surface area contributed by atoms with Crippen molar-refractivity contribution in [2.75, 3.05) is 6.61 Å². The molecule has 0 unspecified atom stereocenters. The lowest BCUT2D eigenvalue weighted by atomic mass is 9.97. The van der Waals surface area contributed by atoms with E-state index in [2.05, 4.69) is 25.9 Å². The average molecular weight is 586 g/mol. The van der Waals surface area contributed by atoms with Gasteiger partial charge < -0.3 is 30.8 Å². The van der Waals surface area contributed by atoms with Crippen molar-refractivity contribution in [3.63, 3.8) is 0 Å². The van der Waals surface area contributed by atoms with Crippen LogP contribution in [0.3, 0.4) is 0 Å². The molecule has 0 aliphatic heterocycles. The summed E-state index contributed by atoms with van der Waals surface area (Å²) in [6.07, 6.45) is 3.38. The number of ether oxygens (including phenoxy) is 1. The van der Waals surface area contributed by atoms with Crippen LogP contribution in [0.2, 0.25) is 0 Å². The summed E-state index contributed by atoms with van der Waals surface area (Å²) < 4.78 is 5.43. The number of aromatic nitrogens is 2. The second-order valence-electron chi connectivity index (χ2n) is 10.6. The van der Waals surface area contributed by atoms with Crippen LogP contribution in [0.1, 0.15) is 37.1 Å². The SMILES string of the molecule is CC[C@H](C)[C@@H](CO)NC(=O)[C@H](Cc1cnc[nH]1)NC(=O)[C@H](Cc1cccc2ccccc12)NC(=O)OCc1ccccc1. The largest absolute Gasteiger partial charge is 0.445 e. The summed E-state index contributed by atoms with van der Waals surface area (Å²) in [5, 5.41) is 20.3. The number of nitrogens with one attached hydrogen (secondary N) is 4. The Morgan fingerprint density at radius 1 is 0.884 bits per heavy atom. The topological polar surface area (TPSA) is 145 Å². The van der Waals surface area contributed by atoms with Crippen LogP contribution in [0, 0.1) is 5.92 Å². The molecule has 0 radical (unpaired) electrons. The molecule has 10 nitrogen and oxygen atoms in total. The molecule has 0 saturated carbocycles. The van der Waals surface area contributed by atoms with E-state index in [1.165, 1.54) is 6.33 Å². The first kappa shape index (κ1) is 31.2. The molecule has 3 amide bonds. The maximum atomic E-state index is 13.8. The van der Waals surface area contributed by atoms with Crippen LogP contribution < -0.4 is 16.0 Å². The Kier molecular flexibility index (Phi) is 11.3. The third-order valence-corrected chi connectivity index (χ3v) is 7.59. The van der Waals surface area contributed by atoms with Gasteiger partial charge in [0.25, 0.3) is 0 Å². The van der Waals surface area contributed by atoms with Gasteiger partial charge >= 0.3 is 6.09 Å². The predicted molar refractivity (Wildman–Crippen MR) is 164 cm³/mol. The zero-order valence-electron chi connectivity index (χ0n) is 24.5. The number of aliphatic hydroxyl groups excluding tert-OH is 1. The number of H-pyrrole nitrogens is 1. The van der Waals surface area contributed by atoms with Gasteiger partial charge in [-0.1, -0.05) is 93.1 Å². The van der Waals surface area contributed by atoms with Gasteiger partial charge in [0.05, 0.1) is 19.0 Å². The van der Waals surface area contributed by atoms with Crippen molar-refractivity contribution in [3.8, 4) is 0 Å². The Morgan fingerprint density at radius 3 is 2.30 bits per heavy atom. The standard InChI is InChI=1S/C33H39N5O5/c1-3-22(2)30(19-39)37-32(41)29(17-26-18-34-21-35-26)36-31(40)28(38-33(42)43-20-23-10-5-4-6-11-23)16-25-14-9-13-24-12-7-8-15-27(24)25/h4-15,18,21-22,28-30,39H,3,16-17,19-20H2,1-2H3,(H,34,35)(H,36,40)(H,37,41)(H,38,42)/t22-,28-,29-,30+/m0/s1. The fourth-order valence-electron chi connectivity index (χ4n) is 4.84. The van der Waals surface area contributed by atoms with Gasteiger partial charge in [-0.15, -0.1) is 0 Å².